The first-order valence-electron chi connectivity index (χ1n) is 27.9. The molecule has 0 aliphatic rings. The molecule has 0 bridgehead atoms. The van der Waals surface area contributed by atoms with Gasteiger partial charge in [0.1, 0.15) is 0 Å². The first-order valence-corrected chi connectivity index (χ1v) is 27.9. The molecule has 0 fully saturated rings. The zero-order valence-electron chi connectivity index (χ0n) is 75.2. The monoisotopic (exact) mass is 4720 g/mol. The summed E-state index contributed by atoms with van der Waals surface area (Å²) >= 11 is 0. The van der Waals surface area contributed by atoms with Gasteiger partial charge in [0.25, 0.3) is 0 Å². The maximum Gasteiger partial charge on any atom is 0.0491 e. The average molecular weight is 4730 g/mol. The predicted molar refractivity (Wildman–Crippen MR) is 339 cm³/mol. The van der Waals surface area contributed by atoms with Gasteiger partial charge in [-0.25, -0.2) is 22.3 Å². The van der Waals surface area contributed by atoms with Crippen LogP contribution in [0.15, 0.2) is 158 Å². The van der Waals surface area contributed by atoms with Crippen LogP contribution in [-0.2, 0) is 1390 Å². The summed E-state index contributed by atoms with van der Waals surface area (Å²) in [7, 11) is 4.25. The second kappa shape index (κ2) is 217. The number of aromatic nitrogens is 2. The van der Waals surface area contributed by atoms with Crippen LogP contribution in [0.3, 0.4) is 0 Å². The Labute approximate surface area is 1770 Å². The number of fused-ring (bicyclic) bond motifs is 6. The summed E-state index contributed by atoms with van der Waals surface area (Å²) in [6.45, 7) is 44.5. The first-order chi connectivity index (χ1) is 36.0. The Morgan fingerprint density at radius 1 is 0.190 bits per heavy atom. The van der Waals surface area contributed by atoms with Crippen LogP contribution in [0.2, 0.25) is 0 Å². The van der Waals surface area contributed by atoms with E-state index in [1.165, 1.54) is 65.9 Å². The number of rotatable bonds is 2. The number of hydrogen-bond acceptors (Lipinski definition) is 0. The predicted octanol–water partition coefficient (Wildman–Crippen LogP) is 22.5. The van der Waals surface area contributed by atoms with Crippen molar-refractivity contribution in [3.8, 4) is 22.3 Å². The SMILES string of the molecule is CC.CC.CC.CC.CC.CC.CC.CC.Cc1[c-]c(-c2[c-]c(C)ccc2)ccc1.Cc1c[c-]c(-c2[c-]ccc(C)c2)cc1.Cc1ccc2c(c1)c1ccccc1n2C.Cc1ccc2c3ccccc3n(C)c2c1.[Y].[Y].[Y].[Y].[Y].[Y].[Y].[Y].[Y].[Y].[Y].[Y].[Y].[Y].[Y].[Y].[Y].[Y].[Y].[Y].[Y].[Y].[Y].[Y].[Y].[Y].[Y].[Y].[Y].[Y].[Y].[Y].[Y].[Y].[Y].[Y].[Y].[Y].[Y].[Y].[Y].[Y]. The summed E-state index contributed by atoms with van der Waals surface area (Å²) in [6, 6.07) is 68.1. The Hall–Kier alpha value is 39.7. The van der Waals surface area contributed by atoms with Crippen molar-refractivity contribution in [1.29, 1.82) is 0 Å². The van der Waals surface area contributed by atoms with E-state index in [1.807, 2.05) is 123 Å². The van der Waals surface area contributed by atoms with E-state index in [0.29, 0.717) is 0 Å². The summed E-state index contributed by atoms with van der Waals surface area (Å²) in [5.74, 6) is 0. The van der Waals surface area contributed by atoms with Gasteiger partial charge in [0.2, 0.25) is 0 Å². The van der Waals surface area contributed by atoms with Gasteiger partial charge in [0.05, 0.1) is 0 Å². The van der Waals surface area contributed by atoms with Gasteiger partial charge in [-0.05, 0) is 49.7 Å². The number of nitrogens with zero attached hydrogens (tertiary/aromatic N) is 2. The molecule has 42 radical (unpaired) electrons. The van der Waals surface area contributed by atoms with Crippen LogP contribution in [0, 0.1) is 65.8 Å². The Bertz CT molecular complexity index is 3030. The van der Waals surface area contributed by atoms with Crippen LogP contribution >= 0.6 is 0 Å². The molecule has 0 atom stereocenters. The van der Waals surface area contributed by atoms with Crippen molar-refractivity contribution >= 4 is 43.6 Å². The van der Waals surface area contributed by atoms with Crippen molar-refractivity contribution in [2.24, 2.45) is 14.1 Å². The number of aryl methyl sites for hydroxylation is 8. The largest absolute Gasteiger partial charge is 0.344 e. The second-order valence-electron chi connectivity index (χ2n) is 15.2. The first kappa shape index (κ1) is 299. The quantitative estimate of drug-likeness (QED) is 0.153. The number of benzene rings is 8. The minimum absolute atomic E-state index is 0. The van der Waals surface area contributed by atoms with Gasteiger partial charge < -0.3 is 9.13 Å². The van der Waals surface area contributed by atoms with Gasteiger partial charge in [-0.15, -0.1) is 40.5 Å². The van der Waals surface area contributed by atoms with Crippen LogP contribution in [-0.4, -0.2) is 9.13 Å². The normalized spacial score (nSPS) is 5.79. The average Bonchev–Trinajstić information content (AvgIpc) is 3.91. The Balaban J connectivity index is -0.0000000120. The summed E-state index contributed by atoms with van der Waals surface area (Å²) in [5, 5.41) is 5.39. The smallest absolute Gasteiger partial charge is 0.0491 e. The molecule has 526 valence electrons. The molecule has 0 spiro atoms. The van der Waals surface area contributed by atoms with Gasteiger partial charge in [-0.2, -0.15) is 78.9 Å². The van der Waals surface area contributed by atoms with Gasteiger partial charge in [0, 0.05) is 1430 Å². The van der Waals surface area contributed by atoms with Crippen molar-refractivity contribution in [1.82, 2.24) is 9.13 Å². The van der Waals surface area contributed by atoms with Crippen LogP contribution in [0.25, 0.3) is 65.9 Å². The van der Waals surface area contributed by atoms with Gasteiger partial charge in [0.15, 0.2) is 0 Å². The van der Waals surface area contributed by atoms with E-state index in [4.69, 9.17) is 0 Å². The Morgan fingerprint density at radius 3 is 0.750 bits per heavy atom. The van der Waals surface area contributed by atoms with Crippen molar-refractivity contribution in [2.75, 3.05) is 0 Å². The second-order valence-corrected chi connectivity index (χ2v) is 15.2. The standard InChI is InChI=1S/2C14H13N.2C14H12.8C2H6.42Y/c1-10-7-8-14-12(9-10)11-5-3-4-6-13(11)15(14)2;1-10-7-8-12-11-5-3-4-6-13(11)15(2)14(12)9-10;1-11-5-3-7-13(9-11)14-8-4-6-12(2)10-14;1-11-6-8-13(9-7-11)14-5-3-4-12(2)10-14;8*1-2;;;;;;;;;;;;;;;;;;;;;;;;;;;;;;;;;;;;;;;;;;/h2*3-9H,1-2H3;3-8H,1-2H3;3-4,6-8,10H,1-2H3;8*1-2H3;;;;;;;;;;;;;;;;;;;;;;;;;;;;;;;;;;;;;;;;;;/q;;2*-2;;;;;;;;;;;;;;;;;;;;;;;;;;;;;;;;;;;;;;;;;;;;;;;;;;. The molecule has 10 aromatic rings. The topological polar surface area (TPSA) is 9.86 Å². The molecule has 44 heteroatoms. The molecule has 0 saturated heterocycles. The molecular weight excluding hydrogens is 4630 g/mol. The molecule has 2 heterocycles. The minimum atomic E-state index is 0. The Morgan fingerprint density at radius 2 is 0.448 bits per heavy atom. The number of para-hydroxylation sites is 2. The summed E-state index contributed by atoms with van der Waals surface area (Å²) in [5.41, 5.74) is 17.2. The fourth-order valence-electron chi connectivity index (χ4n) is 7.44. The summed E-state index contributed by atoms with van der Waals surface area (Å²) in [4.78, 5) is 0. The van der Waals surface area contributed by atoms with E-state index in [-0.39, 0.29) is 1370 Å². The van der Waals surface area contributed by atoms with Crippen LogP contribution < -0.4 is 0 Å². The molecule has 2 aromatic heterocycles. The molecule has 0 aliphatic heterocycles. The van der Waals surface area contributed by atoms with E-state index in [1.54, 1.807) is 0 Å². The molecule has 0 amide bonds. The van der Waals surface area contributed by atoms with Crippen molar-refractivity contribution in [2.45, 2.75) is 152 Å². The third-order valence-corrected chi connectivity index (χ3v) is 10.5. The minimum Gasteiger partial charge on any atom is -0.344 e. The third kappa shape index (κ3) is 141. The third-order valence-electron chi connectivity index (χ3n) is 10.5. The van der Waals surface area contributed by atoms with E-state index in [0.717, 1.165) is 33.4 Å². The van der Waals surface area contributed by atoms with Gasteiger partial charge in [-0.1, -0.05) is 199 Å². The van der Waals surface area contributed by atoms with E-state index in [9.17, 15) is 0 Å². The van der Waals surface area contributed by atoms with E-state index >= 15 is 0 Å². The van der Waals surface area contributed by atoms with Crippen molar-refractivity contribution in [3.05, 3.63) is 215 Å². The molecule has 10 rings (SSSR count). The summed E-state index contributed by atoms with van der Waals surface area (Å²) in [6.07, 6.45) is 0. The van der Waals surface area contributed by atoms with Gasteiger partial charge >= 0.3 is 0 Å². The zero-order chi connectivity index (χ0) is 56.8. The maximum atomic E-state index is 3.32. The maximum absolute atomic E-state index is 3.32. The van der Waals surface area contributed by atoms with E-state index < -0.39 is 0 Å². The molecule has 2 nitrogen and oxygen atoms in total. The fourth-order valence-corrected chi connectivity index (χ4v) is 7.44. The molecular formula is C72H98N2Y42-4. The molecule has 116 heavy (non-hydrogen) atoms. The molecule has 8 aromatic carbocycles. The van der Waals surface area contributed by atoms with Crippen molar-refractivity contribution in [3.63, 3.8) is 0 Å². The number of hydrogen-bond donors (Lipinski definition) is 0. The molecule has 0 aliphatic carbocycles. The zero-order valence-corrected chi connectivity index (χ0v) is 194. The summed E-state index contributed by atoms with van der Waals surface area (Å²) < 4.78 is 4.52. The van der Waals surface area contributed by atoms with Crippen molar-refractivity contribution < 1.29 is 1370 Å². The van der Waals surface area contributed by atoms with Crippen LogP contribution in [0.1, 0.15) is 144 Å². The van der Waals surface area contributed by atoms with Crippen LogP contribution in [0.4, 0.5) is 0 Å². The molecule has 0 N–H and O–H groups in total. The van der Waals surface area contributed by atoms with Gasteiger partial charge in [-0.3, -0.25) is 0 Å². The molecule has 0 unspecified atom stereocenters. The van der Waals surface area contributed by atoms with E-state index in [2.05, 4.69) is 235 Å². The van der Waals surface area contributed by atoms with Crippen LogP contribution in [0.5, 0.6) is 0 Å². The molecule has 0 saturated carbocycles. The Kier molecular flexibility index (Phi) is 559. The fraction of sp³-hybridized carbons (Fsp3) is 0.333.